The molecule has 4 heteroatoms. The number of nitrogens with zero attached hydrogens (tertiary/aromatic N) is 2. The molecule has 2 heterocycles. The second-order valence-corrected chi connectivity index (χ2v) is 6.44. The molecule has 0 aliphatic carbocycles. The van der Waals surface area contributed by atoms with Gasteiger partial charge in [0.1, 0.15) is 0 Å². The van der Waals surface area contributed by atoms with Crippen LogP contribution in [0.5, 0.6) is 0 Å². The molecule has 0 N–H and O–H groups in total. The molecule has 2 aromatic carbocycles. The molecular formula is C20H20N2O2. The van der Waals surface area contributed by atoms with E-state index in [0.29, 0.717) is 5.69 Å². The quantitative estimate of drug-likeness (QED) is 0.798. The number of imide groups is 1. The molecule has 3 atom stereocenters. The lowest BCUT2D eigenvalue weighted by Crippen LogP contribution is -2.47. The Morgan fingerprint density at radius 2 is 1.58 bits per heavy atom. The van der Waals surface area contributed by atoms with E-state index in [-0.39, 0.29) is 29.7 Å². The number of carbonyl (C=O) groups is 2. The first kappa shape index (κ1) is 14.9. The Hall–Kier alpha value is -2.62. The highest BCUT2D eigenvalue weighted by atomic mass is 16.2. The highest BCUT2D eigenvalue weighted by Gasteiger charge is 2.55. The summed E-state index contributed by atoms with van der Waals surface area (Å²) < 4.78 is 0. The zero-order valence-electron chi connectivity index (χ0n) is 13.8. The van der Waals surface area contributed by atoms with Gasteiger partial charge in [-0.25, -0.2) is 4.90 Å². The number of amides is 2. The molecule has 0 radical (unpaired) electrons. The first-order valence-electron chi connectivity index (χ1n) is 8.43. The standard InChI is InChI=1S/C20H20N2O2/c1-3-21-13(2)17-18(15-11-7-8-12-16(15)21)20(24)22(19(17)23)14-9-5-4-6-10-14/h4-13,17-18H,3H2,1-2H3/t13-,17-,18+/m1/s1. The third-order valence-electron chi connectivity index (χ3n) is 5.30. The van der Waals surface area contributed by atoms with E-state index in [9.17, 15) is 9.59 Å². The summed E-state index contributed by atoms with van der Waals surface area (Å²) in [4.78, 5) is 29.9. The minimum atomic E-state index is -0.383. The Labute approximate surface area is 141 Å². The van der Waals surface area contributed by atoms with Crippen LogP contribution in [0.3, 0.4) is 0 Å². The van der Waals surface area contributed by atoms with E-state index >= 15 is 0 Å². The number of carbonyl (C=O) groups excluding carboxylic acids is 2. The largest absolute Gasteiger partial charge is 0.368 e. The van der Waals surface area contributed by atoms with Crippen LogP contribution >= 0.6 is 0 Å². The molecule has 24 heavy (non-hydrogen) atoms. The van der Waals surface area contributed by atoms with Gasteiger partial charge in [0.2, 0.25) is 11.8 Å². The first-order chi connectivity index (χ1) is 11.6. The Kier molecular flexibility index (Phi) is 3.41. The lowest BCUT2D eigenvalue weighted by atomic mass is 9.78. The van der Waals surface area contributed by atoms with Crippen molar-refractivity contribution in [3.63, 3.8) is 0 Å². The summed E-state index contributed by atoms with van der Waals surface area (Å²) in [5.74, 6) is -0.901. The molecule has 2 aromatic rings. The molecular weight excluding hydrogens is 300 g/mol. The second-order valence-electron chi connectivity index (χ2n) is 6.44. The first-order valence-corrected chi connectivity index (χ1v) is 8.43. The van der Waals surface area contributed by atoms with Gasteiger partial charge in [-0.05, 0) is 37.6 Å². The number of fused-ring (bicyclic) bond motifs is 3. The van der Waals surface area contributed by atoms with Crippen molar-refractivity contribution in [1.82, 2.24) is 0 Å². The predicted molar refractivity (Wildman–Crippen MR) is 94.1 cm³/mol. The summed E-state index contributed by atoms with van der Waals surface area (Å²) in [6, 6.07) is 17.2. The van der Waals surface area contributed by atoms with Crippen molar-refractivity contribution in [1.29, 1.82) is 0 Å². The maximum absolute atomic E-state index is 13.1. The third kappa shape index (κ3) is 1.92. The molecule has 2 aliphatic rings. The lowest BCUT2D eigenvalue weighted by molar-refractivity contribution is -0.122. The van der Waals surface area contributed by atoms with Gasteiger partial charge in [0.25, 0.3) is 0 Å². The maximum Gasteiger partial charge on any atom is 0.242 e. The number of benzene rings is 2. The molecule has 2 aliphatic heterocycles. The van der Waals surface area contributed by atoms with Gasteiger partial charge in [0.05, 0.1) is 17.5 Å². The van der Waals surface area contributed by atoms with Crippen LogP contribution in [0.4, 0.5) is 11.4 Å². The van der Waals surface area contributed by atoms with Gasteiger partial charge in [-0.3, -0.25) is 9.59 Å². The van der Waals surface area contributed by atoms with Crippen LogP contribution in [-0.2, 0) is 9.59 Å². The fraction of sp³-hybridized carbons (Fsp3) is 0.300. The highest BCUT2D eigenvalue weighted by Crippen LogP contribution is 2.48. The van der Waals surface area contributed by atoms with Gasteiger partial charge in [-0.2, -0.15) is 0 Å². The van der Waals surface area contributed by atoms with Gasteiger partial charge < -0.3 is 4.90 Å². The van der Waals surface area contributed by atoms with Crippen molar-refractivity contribution < 1.29 is 9.59 Å². The third-order valence-corrected chi connectivity index (χ3v) is 5.30. The lowest BCUT2D eigenvalue weighted by Gasteiger charge is -2.41. The highest BCUT2D eigenvalue weighted by molar-refractivity contribution is 6.24. The van der Waals surface area contributed by atoms with Crippen molar-refractivity contribution in [3.8, 4) is 0 Å². The zero-order chi connectivity index (χ0) is 16.8. The summed E-state index contributed by atoms with van der Waals surface area (Å²) in [5, 5.41) is 0. The van der Waals surface area contributed by atoms with E-state index in [0.717, 1.165) is 17.8 Å². The SMILES string of the molecule is CCN1c2ccccc2[C@@H]2C(=O)N(c3ccccc3)C(=O)[C@@H]2[C@H]1C. The van der Waals surface area contributed by atoms with Crippen LogP contribution in [0.15, 0.2) is 54.6 Å². The van der Waals surface area contributed by atoms with E-state index in [1.807, 2.05) is 48.5 Å². The summed E-state index contributed by atoms with van der Waals surface area (Å²) >= 11 is 0. The van der Waals surface area contributed by atoms with Crippen molar-refractivity contribution in [3.05, 3.63) is 60.2 Å². The Bertz CT molecular complexity index is 802. The van der Waals surface area contributed by atoms with E-state index in [1.54, 1.807) is 0 Å². The average Bonchev–Trinajstić information content (AvgIpc) is 2.87. The maximum atomic E-state index is 13.1. The second kappa shape index (κ2) is 5.48. The summed E-state index contributed by atoms with van der Waals surface area (Å²) in [7, 11) is 0. The van der Waals surface area contributed by atoms with E-state index in [4.69, 9.17) is 0 Å². The van der Waals surface area contributed by atoms with Crippen molar-refractivity contribution in [2.24, 2.45) is 5.92 Å². The molecule has 4 rings (SSSR count). The number of rotatable bonds is 2. The molecule has 1 fully saturated rings. The topological polar surface area (TPSA) is 40.6 Å². The zero-order valence-corrected chi connectivity index (χ0v) is 13.8. The monoisotopic (exact) mass is 320 g/mol. The van der Waals surface area contributed by atoms with Gasteiger partial charge in [-0.15, -0.1) is 0 Å². The Morgan fingerprint density at radius 1 is 0.917 bits per heavy atom. The molecule has 0 aromatic heterocycles. The van der Waals surface area contributed by atoms with Crippen molar-refractivity contribution in [2.75, 3.05) is 16.3 Å². The van der Waals surface area contributed by atoms with E-state index in [2.05, 4.69) is 24.8 Å². The van der Waals surface area contributed by atoms with Gasteiger partial charge in [0, 0.05) is 18.3 Å². The van der Waals surface area contributed by atoms with Crippen LogP contribution in [0.25, 0.3) is 0 Å². The minimum Gasteiger partial charge on any atom is -0.368 e. The van der Waals surface area contributed by atoms with Gasteiger partial charge in [-0.1, -0.05) is 36.4 Å². The molecule has 0 spiro atoms. The van der Waals surface area contributed by atoms with Gasteiger partial charge >= 0.3 is 0 Å². The predicted octanol–water partition coefficient (Wildman–Crippen LogP) is 3.19. The molecule has 2 amide bonds. The Balaban J connectivity index is 1.86. The van der Waals surface area contributed by atoms with Crippen molar-refractivity contribution in [2.45, 2.75) is 25.8 Å². The Morgan fingerprint density at radius 3 is 2.29 bits per heavy atom. The average molecular weight is 320 g/mol. The normalized spacial score (nSPS) is 25.7. The fourth-order valence-electron chi connectivity index (χ4n) is 4.22. The number of para-hydroxylation sites is 2. The van der Waals surface area contributed by atoms with Crippen LogP contribution < -0.4 is 9.80 Å². The summed E-state index contributed by atoms with van der Waals surface area (Å²) in [6.45, 7) is 4.95. The molecule has 0 bridgehead atoms. The smallest absolute Gasteiger partial charge is 0.242 e. The minimum absolute atomic E-state index is 0.0000576. The molecule has 4 nitrogen and oxygen atoms in total. The van der Waals surface area contributed by atoms with Gasteiger partial charge in [0.15, 0.2) is 0 Å². The van der Waals surface area contributed by atoms with E-state index in [1.165, 1.54) is 4.90 Å². The van der Waals surface area contributed by atoms with Crippen LogP contribution in [0.1, 0.15) is 25.3 Å². The number of anilines is 2. The number of hydrogen-bond donors (Lipinski definition) is 0. The van der Waals surface area contributed by atoms with Crippen LogP contribution in [0.2, 0.25) is 0 Å². The number of hydrogen-bond acceptors (Lipinski definition) is 3. The molecule has 122 valence electrons. The summed E-state index contributed by atoms with van der Waals surface area (Å²) in [5.41, 5.74) is 2.71. The van der Waals surface area contributed by atoms with Crippen molar-refractivity contribution >= 4 is 23.2 Å². The van der Waals surface area contributed by atoms with Crippen LogP contribution in [-0.4, -0.2) is 24.4 Å². The van der Waals surface area contributed by atoms with Crippen LogP contribution in [0, 0.1) is 5.92 Å². The fourth-order valence-corrected chi connectivity index (χ4v) is 4.22. The molecule has 1 saturated heterocycles. The summed E-state index contributed by atoms with van der Waals surface area (Å²) in [6.07, 6.45) is 0. The molecule has 0 saturated carbocycles. The van der Waals surface area contributed by atoms with E-state index < -0.39 is 0 Å². The molecule has 0 unspecified atom stereocenters.